The first kappa shape index (κ1) is 12.5. The molecule has 2 aromatic rings. The molecule has 0 bridgehead atoms. The lowest BCUT2D eigenvalue weighted by molar-refractivity contribution is 0.415. The number of rotatable bonds is 5. The Hall–Kier alpha value is -1.48. The van der Waals surface area contributed by atoms with Crippen molar-refractivity contribution in [3.63, 3.8) is 0 Å². The molecule has 0 aliphatic heterocycles. The molecule has 0 amide bonds. The van der Waals surface area contributed by atoms with E-state index in [0.717, 1.165) is 24.8 Å². The molecule has 1 aliphatic carbocycles. The summed E-state index contributed by atoms with van der Waals surface area (Å²) in [6, 6.07) is 5.02. The van der Waals surface area contributed by atoms with Crippen LogP contribution >= 0.6 is 0 Å². The lowest BCUT2D eigenvalue weighted by atomic mass is 10.1. The Bertz CT molecular complexity index is 596. The lowest BCUT2D eigenvalue weighted by Crippen LogP contribution is -2.19. The summed E-state index contributed by atoms with van der Waals surface area (Å²) < 4.78 is 5.39. The summed E-state index contributed by atoms with van der Waals surface area (Å²) in [7, 11) is 1.73. The van der Waals surface area contributed by atoms with Gasteiger partial charge in [-0.05, 0) is 62.9 Å². The predicted molar refractivity (Wildman–Crippen MR) is 79.1 cm³/mol. The number of benzene rings is 1. The van der Waals surface area contributed by atoms with Gasteiger partial charge < -0.3 is 15.0 Å². The van der Waals surface area contributed by atoms with Crippen LogP contribution in [-0.2, 0) is 6.42 Å². The number of H-pyrrole nitrogens is 1. The molecule has 19 heavy (non-hydrogen) atoms. The van der Waals surface area contributed by atoms with Gasteiger partial charge in [0.2, 0.25) is 0 Å². The van der Waals surface area contributed by atoms with Gasteiger partial charge in [0, 0.05) is 22.6 Å². The molecule has 0 atom stereocenters. The molecule has 0 radical (unpaired) electrons. The van der Waals surface area contributed by atoms with E-state index in [1.165, 1.54) is 40.6 Å². The number of ether oxygens (including phenoxy) is 1. The minimum atomic E-state index is 0.779. The Labute approximate surface area is 114 Å². The fourth-order valence-electron chi connectivity index (χ4n) is 2.75. The van der Waals surface area contributed by atoms with E-state index in [1.54, 1.807) is 7.11 Å². The van der Waals surface area contributed by atoms with E-state index in [0.29, 0.717) is 0 Å². The first-order chi connectivity index (χ1) is 9.19. The minimum absolute atomic E-state index is 0.779. The second-order valence-corrected chi connectivity index (χ2v) is 5.57. The average Bonchev–Trinajstić information content (AvgIpc) is 3.15. The van der Waals surface area contributed by atoms with Crippen molar-refractivity contribution in [3.8, 4) is 5.75 Å². The molecule has 1 aromatic carbocycles. The van der Waals surface area contributed by atoms with Gasteiger partial charge in [-0.2, -0.15) is 0 Å². The summed E-state index contributed by atoms with van der Waals surface area (Å²) in [6.07, 6.45) is 3.77. The van der Waals surface area contributed by atoms with Crippen molar-refractivity contribution in [1.82, 2.24) is 10.3 Å². The molecule has 1 aliphatic rings. The summed E-state index contributed by atoms with van der Waals surface area (Å²) in [4.78, 5) is 3.52. The maximum Gasteiger partial charge on any atom is 0.119 e. The van der Waals surface area contributed by atoms with Crippen molar-refractivity contribution in [1.29, 1.82) is 0 Å². The maximum absolute atomic E-state index is 5.39. The third kappa shape index (κ3) is 2.47. The highest BCUT2D eigenvalue weighted by molar-refractivity contribution is 5.88. The number of aromatic nitrogens is 1. The van der Waals surface area contributed by atoms with E-state index < -0.39 is 0 Å². The molecule has 1 heterocycles. The monoisotopic (exact) mass is 258 g/mol. The van der Waals surface area contributed by atoms with Crippen LogP contribution < -0.4 is 10.1 Å². The molecule has 0 spiro atoms. The fraction of sp³-hybridized carbons (Fsp3) is 0.500. The van der Waals surface area contributed by atoms with E-state index >= 15 is 0 Å². The van der Waals surface area contributed by atoms with Gasteiger partial charge in [0.15, 0.2) is 0 Å². The zero-order valence-electron chi connectivity index (χ0n) is 12.0. The largest absolute Gasteiger partial charge is 0.497 e. The molecular weight excluding hydrogens is 236 g/mol. The molecule has 3 heteroatoms. The van der Waals surface area contributed by atoms with Crippen molar-refractivity contribution in [2.24, 2.45) is 0 Å². The maximum atomic E-state index is 5.39. The standard InChI is InChI=1S/C16H22N2O/c1-10-8-13(19-3)9-15-14(11(2)18-16(10)15)6-7-17-12-4-5-12/h8-9,12,17-18H,4-7H2,1-3H3. The van der Waals surface area contributed by atoms with E-state index in [1.807, 2.05) is 0 Å². The topological polar surface area (TPSA) is 37.0 Å². The Morgan fingerprint density at radius 2 is 2.11 bits per heavy atom. The number of aromatic amines is 1. The van der Waals surface area contributed by atoms with Gasteiger partial charge >= 0.3 is 0 Å². The first-order valence-corrected chi connectivity index (χ1v) is 7.08. The fourth-order valence-corrected chi connectivity index (χ4v) is 2.75. The van der Waals surface area contributed by atoms with E-state index in [2.05, 4.69) is 36.3 Å². The second kappa shape index (κ2) is 4.89. The zero-order chi connectivity index (χ0) is 13.4. The van der Waals surface area contributed by atoms with Crippen molar-refractivity contribution in [3.05, 3.63) is 29.0 Å². The Balaban J connectivity index is 1.91. The molecule has 2 N–H and O–H groups in total. The molecule has 102 valence electrons. The minimum Gasteiger partial charge on any atom is -0.497 e. The van der Waals surface area contributed by atoms with E-state index in [-0.39, 0.29) is 0 Å². The molecule has 1 saturated carbocycles. The summed E-state index contributed by atoms with van der Waals surface area (Å²) in [5.74, 6) is 0.945. The van der Waals surface area contributed by atoms with Crippen LogP contribution in [0, 0.1) is 13.8 Å². The molecule has 1 fully saturated rings. The van der Waals surface area contributed by atoms with E-state index in [9.17, 15) is 0 Å². The van der Waals surface area contributed by atoms with Gasteiger partial charge in [-0.1, -0.05) is 0 Å². The third-order valence-electron chi connectivity index (χ3n) is 4.02. The quantitative estimate of drug-likeness (QED) is 0.864. The van der Waals surface area contributed by atoms with Crippen LogP contribution in [-0.4, -0.2) is 24.7 Å². The lowest BCUT2D eigenvalue weighted by Gasteiger charge is -2.06. The van der Waals surface area contributed by atoms with Crippen molar-refractivity contribution >= 4 is 10.9 Å². The average molecular weight is 258 g/mol. The molecule has 3 rings (SSSR count). The number of hydrogen-bond donors (Lipinski definition) is 2. The molecule has 1 aromatic heterocycles. The van der Waals surface area contributed by atoms with Gasteiger partial charge in [0.1, 0.15) is 5.75 Å². The van der Waals surface area contributed by atoms with Crippen LogP contribution in [0.15, 0.2) is 12.1 Å². The summed E-state index contributed by atoms with van der Waals surface area (Å²) in [5.41, 5.74) is 5.20. The molecular formula is C16H22N2O. The third-order valence-corrected chi connectivity index (χ3v) is 4.02. The highest BCUT2D eigenvalue weighted by Crippen LogP contribution is 2.29. The van der Waals surface area contributed by atoms with Crippen LogP contribution in [0.3, 0.4) is 0 Å². The highest BCUT2D eigenvalue weighted by Gasteiger charge is 2.20. The number of methoxy groups -OCH3 is 1. The van der Waals surface area contributed by atoms with Crippen LogP contribution in [0.25, 0.3) is 10.9 Å². The Morgan fingerprint density at radius 1 is 1.32 bits per heavy atom. The second-order valence-electron chi connectivity index (χ2n) is 5.57. The number of aryl methyl sites for hydroxylation is 2. The SMILES string of the molecule is COc1cc(C)c2[nH]c(C)c(CCNC3CC3)c2c1. The normalized spacial score (nSPS) is 15.1. The molecule has 3 nitrogen and oxygen atoms in total. The van der Waals surface area contributed by atoms with Crippen molar-refractivity contribution in [2.45, 2.75) is 39.2 Å². The Morgan fingerprint density at radius 3 is 2.79 bits per heavy atom. The van der Waals surface area contributed by atoms with Crippen LogP contribution in [0.1, 0.15) is 29.7 Å². The van der Waals surface area contributed by atoms with E-state index in [4.69, 9.17) is 4.74 Å². The Kier molecular flexibility index (Phi) is 3.23. The van der Waals surface area contributed by atoms with Gasteiger partial charge in [0.05, 0.1) is 7.11 Å². The predicted octanol–water partition coefficient (Wildman–Crippen LogP) is 3.09. The zero-order valence-corrected chi connectivity index (χ0v) is 12.0. The number of hydrogen-bond acceptors (Lipinski definition) is 2. The smallest absolute Gasteiger partial charge is 0.119 e. The molecule has 0 saturated heterocycles. The van der Waals surface area contributed by atoms with Crippen molar-refractivity contribution in [2.75, 3.05) is 13.7 Å². The highest BCUT2D eigenvalue weighted by atomic mass is 16.5. The van der Waals surface area contributed by atoms with Gasteiger partial charge in [-0.25, -0.2) is 0 Å². The van der Waals surface area contributed by atoms with Crippen LogP contribution in [0.2, 0.25) is 0 Å². The van der Waals surface area contributed by atoms with Gasteiger partial charge in [-0.15, -0.1) is 0 Å². The first-order valence-electron chi connectivity index (χ1n) is 7.08. The van der Waals surface area contributed by atoms with Gasteiger partial charge in [0.25, 0.3) is 0 Å². The number of nitrogens with one attached hydrogen (secondary N) is 2. The summed E-state index contributed by atoms with van der Waals surface area (Å²) >= 11 is 0. The van der Waals surface area contributed by atoms with Gasteiger partial charge in [-0.3, -0.25) is 0 Å². The summed E-state index contributed by atoms with van der Waals surface area (Å²) in [6.45, 7) is 5.36. The number of fused-ring (bicyclic) bond motifs is 1. The van der Waals surface area contributed by atoms with Crippen LogP contribution in [0.5, 0.6) is 5.75 Å². The van der Waals surface area contributed by atoms with Crippen molar-refractivity contribution < 1.29 is 4.74 Å². The summed E-state index contributed by atoms with van der Waals surface area (Å²) in [5, 5.41) is 4.90. The molecule has 0 unspecified atom stereocenters. The van der Waals surface area contributed by atoms with Crippen LogP contribution in [0.4, 0.5) is 0 Å².